The lowest BCUT2D eigenvalue weighted by Crippen LogP contribution is -2.22. The first-order valence-corrected chi connectivity index (χ1v) is 11.9. The van der Waals surface area contributed by atoms with Gasteiger partial charge in [0.1, 0.15) is 16.5 Å². The monoisotopic (exact) mass is 524 g/mol. The summed E-state index contributed by atoms with van der Waals surface area (Å²) >= 11 is 0. The Labute approximate surface area is 199 Å². The maximum Gasteiger partial charge on any atom is 0.490 e. The molecule has 0 radical (unpaired) electrons. The van der Waals surface area contributed by atoms with Crippen LogP contribution in [0.5, 0.6) is 0 Å². The number of amides is 1. The van der Waals surface area contributed by atoms with Gasteiger partial charge in [-0.3, -0.25) is 4.79 Å². The topological polar surface area (TPSA) is 104 Å². The van der Waals surface area contributed by atoms with E-state index < -0.39 is 50.2 Å². The van der Waals surface area contributed by atoms with E-state index in [1.54, 1.807) is 6.07 Å². The van der Waals surface area contributed by atoms with Gasteiger partial charge in [-0.05, 0) is 56.7 Å². The van der Waals surface area contributed by atoms with Gasteiger partial charge in [-0.1, -0.05) is 0 Å². The summed E-state index contributed by atoms with van der Waals surface area (Å²) in [6.45, 7) is 7.68. The van der Waals surface area contributed by atoms with Crippen LogP contribution in [0.1, 0.15) is 25.8 Å². The molecule has 0 saturated heterocycles. The lowest BCUT2D eigenvalue weighted by molar-refractivity contribution is -0.192. The summed E-state index contributed by atoms with van der Waals surface area (Å²) in [5, 5.41) is 9.81. The molecule has 0 heterocycles. The number of alkyl halides is 3. The fourth-order valence-corrected chi connectivity index (χ4v) is 4.16. The number of carboxylic acid groups (broad SMARTS) is 1. The van der Waals surface area contributed by atoms with Crippen LogP contribution in [0.15, 0.2) is 41.3 Å². The van der Waals surface area contributed by atoms with Gasteiger partial charge in [-0.2, -0.15) is 13.2 Å². The number of carboxylic acids is 1. The second-order valence-corrected chi connectivity index (χ2v) is 9.24. The molecule has 2 N–H and O–H groups in total. The van der Waals surface area contributed by atoms with Gasteiger partial charge in [-0.15, -0.1) is 0 Å². The number of benzene rings is 2. The number of nitrogens with one attached hydrogen (secondary N) is 1. The van der Waals surface area contributed by atoms with Gasteiger partial charge in [0, 0.05) is 37.0 Å². The van der Waals surface area contributed by atoms with Crippen LogP contribution in [0.3, 0.4) is 0 Å². The minimum atomic E-state index is -5.08. The molecule has 0 fully saturated rings. The molecule has 0 aromatic heterocycles. The van der Waals surface area contributed by atoms with Crippen molar-refractivity contribution in [2.75, 3.05) is 29.1 Å². The van der Waals surface area contributed by atoms with E-state index in [0.29, 0.717) is 11.8 Å². The minimum absolute atomic E-state index is 0.337. The molecule has 0 unspecified atom stereocenters. The first kappa shape index (κ1) is 29.8. The fraction of sp³-hybridized carbons (Fsp3) is 0.364. The summed E-state index contributed by atoms with van der Waals surface area (Å²) in [5.74, 6) is -5.85. The lowest BCUT2D eigenvalue weighted by Gasteiger charge is -2.22. The Bertz CT molecular complexity index is 1150. The number of anilines is 2. The molecule has 0 aliphatic carbocycles. The number of sulfone groups is 1. The van der Waals surface area contributed by atoms with E-state index in [1.165, 1.54) is 0 Å². The first-order valence-electron chi connectivity index (χ1n) is 10.3. The van der Waals surface area contributed by atoms with E-state index in [1.807, 2.05) is 19.1 Å². The highest BCUT2D eigenvalue weighted by Gasteiger charge is 2.38. The molecule has 0 aliphatic heterocycles. The van der Waals surface area contributed by atoms with Crippen molar-refractivity contribution in [2.24, 2.45) is 0 Å². The van der Waals surface area contributed by atoms with Crippen molar-refractivity contribution < 1.29 is 45.1 Å². The third kappa shape index (κ3) is 9.15. The number of hydrogen-bond acceptors (Lipinski definition) is 5. The molecule has 2 aromatic carbocycles. The highest BCUT2D eigenvalue weighted by molar-refractivity contribution is 7.91. The number of aryl methyl sites for hydroxylation is 1. The highest BCUT2D eigenvalue weighted by Crippen LogP contribution is 2.23. The largest absolute Gasteiger partial charge is 0.490 e. The van der Waals surface area contributed by atoms with Crippen molar-refractivity contribution in [1.82, 2.24) is 0 Å². The normalized spacial score (nSPS) is 11.3. The number of carbonyl (C=O) groups excluding carboxylic acids is 1. The Balaban J connectivity index is 0.000000762. The summed E-state index contributed by atoms with van der Waals surface area (Å²) in [6.07, 6.45) is -5.42. The van der Waals surface area contributed by atoms with Crippen molar-refractivity contribution in [1.29, 1.82) is 0 Å². The smallest absolute Gasteiger partial charge is 0.475 e. The van der Waals surface area contributed by atoms with Crippen molar-refractivity contribution in [3.8, 4) is 0 Å². The number of hydrogen-bond donors (Lipinski definition) is 2. The molecule has 13 heteroatoms. The molecule has 7 nitrogen and oxygen atoms in total. The van der Waals surface area contributed by atoms with Gasteiger partial charge in [0.2, 0.25) is 5.91 Å². The molecule has 194 valence electrons. The van der Waals surface area contributed by atoms with Crippen LogP contribution in [0.2, 0.25) is 0 Å². The molecule has 0 bridgehead atoms. The zero-order chi connectivity index (χ0) is 27.0. The Morgan fingerprint density at radius 3 is 2.06 bits per heavy atom. The molecule has 0 atom stereocenters. The molecule has 0 spiro atoms. The third-order valence-electron chi connectivity index (χ3n) is 4.68. The molecule has 2 rings (SSSR count). The van der Waals surface area contributed by atoms with Crippen molar-refractivity contribution >= 4 is 33.1 Å². The average Bonchev–Trinajstić information content (AvgIpc) is 2.74. The summed E-state index contributed by atoms with van der Waals surface area (Å²) in [6, 6.07) is 7.86. The van der Waals surface area contributed by atoms with Crippen LogP contribution in [0.4, 0.5) is 33.3 Å². The maximum absolute atomic E-state index is 13.7. The van der Waals surface area contributed by atoms with Gasteiger partial charge in [0.15, 0.2) is 9.84 Å². The van der Waals surface area contributed by atoms with Gasteiger partial charge in [0.25, 0.3) is 0 Å². The number of halogens is 5. The zero-order valence-corrected chi connectivity index (χ0v) is 19.9. The predicted molar refractivity (Wildman–Crippen MR) is 120 cm³/mol. The molecular formula is C22H25F5N2O5S. The Hall–Kier alpha value is -3.22. The summed E-state index contributed by atoms with van der Waals surface area (Å²) < 4.78 is 82.8. The van der Waals surface area contributed by atoms with E-state index in [4.69, 9.17) is 9.90 Å². The van der Waals surface area contributed by atoms with Crippen LogP contribution in [0, 0.1) is 18.6 Å². The minimum Gasteiger partial charge on any atom is -0.475 e. The first-order chi connectivity index (χ1) is 16.1. The van der Waals surface area contributed by atoms with Crippen LogP contribution in [-0.2, 0) is 19.4 Å². The number of carbonyl (C=O) groups is 2. The fourth-order valence-electron chi connectivity index (χ4n) is 2.85. The quantitative estimate of drug-likeness (QED) is 0.388. The SMILES string of the molecule is CCN(CC)c1ccc(NC(=O)CCS(=O)(=O)c2ccc(F)cc2F)c(C)c1.O=C(O)C(F)(F)F. The molecule has 2 aromatic rings. The Morgan fingerprint density at radius 2 is 1.60 bits per heavy atom. The Kier molecular flexibility index (Phi) is 10.6. The molecule has 1 amide bonds. The highest BCUT2D eigenvalue weighted by atomic mass is 32.2. The van der Waals surface area contributed by atoms with E-state index >= 15 is 0 Å². The van der Waals surface area contributed by atoms with Gasteiger partial charge < -0.3 is 15.3 Å². The predicted octanol–water partition coefficient (Wildman–Crippen LogP) is 4.56. The number of nitrogens with zero attached hydrogens (tertiary/aromatic N) is 1. The third-order valence-corrected chi connectivity index (χ3v) is 6.42. The van der Waals surface area contributed by atoms with Crippen LogP contribution in [-0.4, -0.2) is 50.4 Å². The summed E-state index contributed by atoms with van der Waals surface area (Å²) in [7, 11) is -4.04. The maximum atomic E-state index is 13.7. The molecule has 0 saturated carbocycles. The van der Waals surface area contributed by atoms with Crippen LogP contribution >= 0.6 is 0 Å². The van der Waals surface area contributed by atoms with Gasteiger partial charge in [-0.25, -0.2) is 22.0 Å². The molecular weight excluding hydrogens is 499 g/mol. The lowest BCUT2D eigenvalue weighted by atomic mass is 10.1. The summed E-state index contributed by atoms with van der Waals surface area (Å²) in [4.78, 5) is 22.6. The van der Waals surface area contributed by atoms with E-state index in [9.17, 15) is 35.2 Å². The van der Waals surface area contributed by atoms with Crippen LogP contribution in [0.25, 0.3) is 0 Å². The van der Waals surface area contributed by atoms with E-state index in [0.717, 1.165) is 36.5 Å². The van der Waals surface area contributed by atoms with Crippen molar-refractivity contribution in [3.05, 3.63) is 53.6 Å². The Morgan fingerprint density at radius 1 is 1.03 bits per heavy atom. The standard InChI is InChI=1S/C20H24F2N2O3S.C2HF3O2/c1-4-24(5-2)16-7-8-18(14(3)12-16)23-20(25)10-11-28(26,27)19-9-6-15(21)13-17(19)22;3-2(4,5)1(6)7/h6-9,12-13H,4-5,10-11H2,1-3H3,(H,23,25);(H,6,7). The van der Waals surface area contributed by atoms with Crippen molar-refractivity contribution in [3.63, 3.8) is 0 Å². The van der Waals surface area contributed by atoms with Crippen LogP contribution < -0.4 is 10.2 Å². The van der Waals surface area contributed by atoms with Crippen molar-refractivity contribution in [2.45, 2.75) is 38.3 Å². The second kappa shape index (κ2) is 12.5. The summed E-state index contributed by atoms with van der Waals surface area (Å²) in [5.41, 5.74) is 2.48. The molecule has 35 heavy (non-hydrogen) atoms. The van der Waals surface area contributed by atoms with E-state index in [-0.39, 0.29) is 6.42 Å². The molecule has 0 aliphatic rings. The average molecular weight is 525 g/mol. The zero-order valence-electron chi connectivity index (χ0n) is 19.1. The number of aliphatic carboxylic acids is 1. The van der Waals surface area contributed by atoms with Gasteiger partial charge >= 0.3 is 12.1 Å². The second-order valence-electron chi connectivity index (χ2n) is 7.17. The van der Waals surface area contributed by atoms with Gasteiger partial charge in [0.05, 0.1) is 5.75 Å². The van der Waals surface area contributed by atoms with E-state index in [2.05, 4.69) is 24.1 Å². The number of rotatable bonds is 8.